The van der Waals surface area contributed by atoms with E-state index in [-0.39, 0.29) is 12.3 Å². The summed E-state index contributed by atoms with van der Waals surface area (Å²) in [5.74, 6) is -0.0425. The molecule has 0 aromatic heterocycles. The first-order valence-electron chi connectivity index (χ1n) is 5.54. The van der Waals surface area contributed by atoms with Crippen LogP contribution in [-0.2, 0) is 19.6 Å². The van der Waals surface area contributed by atoms with Gasteiger partial charge < -0.3 is 4.74 Å². The molecule has 94 valence electrons. The predicted molar refractivity (Wildman–Crippen MR) is 60.4 cm³/mol. The molecular weight excluding hydrogens is 230 g/mol. The van der Waals surface area contributed by atoms with Crippen LogP contribution < -0.4 is 0 Å². The molecule has 0 heterocycles. The lowest BCUT2D eigenvalue weighted by Crippen LogP contribution is -2.38. The highest BCUT2D eigenvalue weighted by Crippen LogP contribution is 2.31. The molecule has 0 aliphatic heterocycles. The van der Waals surface area contributed by atoms with E-state index in [2.05, 4.69) is 4.74 Å². The molecule has 0 bridgehead atoms. The van der Waals surface area contributed by atoms with Gasteiger partial charge in [-0.2, -0.15) is 4.31 Å². The largest absolute Gasteiger partial charge is 0.468 e. The molecule has 0 radical (unpaired) electrons. The van der Waals surface area contributed by atoms with Gasteiger partial charge in [-0.25, -0.2) is 8.42 Å². The summed E-state index contributed by atoms with van der Waals surface area (Å²) in [6.45, 7) is 2.10. The molecule has 1 aliphatic rings. The zero-order valence-corrected chi connectivity index (χ0v) is 10.6. The van der Waals surface area contributed by atoms with Crippen LogP contribution in [-0.4, -0.2) is 44.6 Å². The minimum absolute atomic E-state index is 0.167. The van der Waals surface area contributed by atoms with E-state index in [9.17, 15) is 13.2 Å². The molecule has 1 saturated carbocycles. The van der Waals surface area contributed by atoms with E-state index >= 15 is 0 Å². The van der Waals surface area contributed by atoms with Gasteiger partial charge in [-0.3, -0.25) is 4.79 Å². The van der Waals surface area contributed by atoms with Crippen molar-refractivity contribution in [3.63, 3.8) is 0 Å². The van der Waals surface area contributed by atoms with Crippen LogP contribution in [0.15, 0.2) is 0 Å². The van der Waals surface area contributed by atoms with Crippen molar-refractivity contribution in [1.29, 1.82) is 0 Å². The van der Waals surface area contributed by atoms with Gasteiger partial charge in [0.15, 0.2) is 0 Å². The van der Waals surface area contributed by atoms with Crippen LogP contribution in [0.5, 0.6) is 0 Å². The van der Waals surface area contributed by atoms with Crippen molar-refractivity contribution in [2.24, 2.45) is 5.92 Å². The number of carbonyl (C=O) groups is 1. The molecule has 0 saturated heterocycles. The number of carbonyl (C=O) groups excluding carboxylic acids is 1. The second-order valence-corrected chi connectivity index (χ2v) is 6.15. The molecule has 1 aliphatic carbocycles. The molecule has 0 aromatic rings. The SMILES string of the molecule is CCCN(CC(=O)OC)S(=O)(=O)CC1CC1. The second-order valence-electron chi connectivity index (χ2n) is 4.13. The monoisotopic (exact) mass is 249 g/mol. The number of rotatable bonds is 7. The first-order valence-corrected chi connectivity index (χ1v) is 7.15. The molecule has 0 N–H and O–H groups in total. The van der Waals surface area contributed by atoms with Crippen molar-refractivity contribution in [3.8, 4) is 0 Å². The fourth-order valence-electron chi connectivity index (χ4n) is 1.46. The third-order valence-corrected chi connectivity index (χ3v) is 4.53. The molecule has 5 nitrogen and oxygen atoms in total. The van der Waals surface area contributed by atoms with Gasteiger partial charge in [0.1, 0.15) is 6.54 Å². The van der Waals surface area contributed by atoms with Crippen LogP contribution >= 0.6 is 0 Å². The summed E-state index contributed by atoms with van der Waals surface area (Å²) >= 11 is 0. The highest BCUT2D eigenvalue weighted by Gasteiger charge is 2.32. The summed E-state index contributed by atoms with van der Waals surface area (Å²) < 4.78 is 29.6. The molecule has 1 fully saturated rings. The number of hydrogen-bond donors (Lipinski definition) is 0. The maximum atomic E-state index is 11.9. The fraction of sp³-hybridized carbons (Fsp3) is 0.900. The Hall–Kier alpha value is -0.620. The van der Waals surface area contributed by atoms with Gasteiger partial charge in [-0.15, -0.1) is 0 Å². The van der Waals surface area contributed by atoms with Crippen molar-refractivity contribution < 1.29 is 17.9 Å². The Kier molecular flexibility index (Phi) is 4.73. The number of nitrogens with zero attached hydrogens (tertiary/aromatic N) is 1. The Labute approximate surface area is 96.8 Å². The van der Waals surface area contributed by atoms with Crippen molar-refractivity contribution in [3.05, 3.63) is 0 Å². The molecule has 1 rings (SSSR count). The molecule has 0 spiro atoms. The number of sulfonamides is 1. The van der Waals surface area contributed by atoms with E-state index in [0.29, 0.717) is 18.9 Å². The molecule has 0 amide bonds. The summed E-state index contributed by atoms with van der Waals surface area (Å²) in [4.78, 5) is 11.1. The van der Waals surface area contributed by atoms with Crippen LogP contribution in [0.3, 0.4) is 0 Å². The molecule has 16 heavy (non-hydrogen) atoms. The van der Waals surface area contributed by atoms with E-state index < -0.39 is 16.0 Å². The van der Waals surface area contributed by atoms with Crippen LogP contribution in [0, 0.1) is 5.92 Å². The normalized spacial score (nSPS) is 16.4. The van der Waals surface area contributed by atoms with Gasteiger partial charge in [0.25, 0.3) is 0 Å². The van der Waals surface area contributed by atoms with E-state index in [4.69, 9.17) is 0 Å². The van der Waals surface area contributed by atoms with Gasteiger partial charge in [-0.05, 0) is 25.2 Å². The van der Waals surface area contributed by atoms with Gasteiger partial charge in [0.05, 0.1) is 12.9 Å². The zero-order chi connectivity index (χ0) is 12.2. The summed E-state index contributed by atoms with van der Waals surface area (Å²) in [5.41, 5.74) is 0. The second kappa shape index (κ2) is 5.63. The lowest BCUT2D eigenvalue weighted by atomic mass is 10.5. The van der Waals surface area contributed by atoms with Crippen LogP contribution in [0.2, 0.25) is 0 Å². The smallest absolute Gasteiger partial charge is 0.321 e. The molecule has 0 aromatic carbocycles. The first kappa shape index (κ1) is 13.4. The van der Waals surface area contributed by atoms with Crippen LogP contribution in [0.25, 0.3) is 0 Å². The predicted octanol–water partition coefficient (Wildman–Crippen LogP) is 0.611. The number of esters is 1. The van der Waals surface area contributed by atoms with E-state index in [1.807, 2.05) is 6.92 Å². The van der Waals surface area contributed by atoms with Gasteiger partial charge >= 0.3 is 5.97 Å². The Morgan fingerprint density at radius 1 is 1.44 bits per heavy atom. The minimum Gasteiger partial charge on any atom is -0.468 e. The van der Waals surface area contributed by atoms with E-state index in [0.717, 1.165) is 12.8 Å². The Bertz CT molecular complexity index is 335. The molecular formula is C10H19NO4S. The molecule has 0 atom stereocenters. The molecule has 0 unspecified atom stereocenters. The summed E-state index contributed by atoms with van der Waals surface area (Å²) in [6, 6.07) is 0. The summed E-state index contributed by atoms with van der Waals surface area (Å²) in [7, 11) is -2.03. The molecule has 6 heteroatoms. The lowest BCUT2D eigenvalue weighted by molar-refractivity contribution is -0.140. The van der Waals surface area contributed by atoms with Crippen LogP contribution in [0.4, 0.5) is 0 Å². The van der Waals surface area contributed by atoms with Crippen molar-refractivity contribution in [1.82, 2.24) is 4.31 Å². The highest BCUT2D eigenvalue weighted by molar-refractivity contribution is 7.89. The summed E-state index contributed by atoms with van der Waals surface area (Å²) in [5, 5.41) is 0. The first-order chi connectivity index (χ1) is 7.49. The average Bonchev–Trinajstić information content (AvgIpc) is 3.00. The van der Waals surface area contributed by atoms with Crippen molar-refractivity contribution >= 4 is 16.0 Å². The quantitative estimate of drug-likeness (QED) is 0.620. The number of methoxy groups -OCH3 is 1. The topological polar surface area (TPSA) is 63.7 Å². The lowest BCUT2D eigenvalue weighted by Gasteiger charge is -2.20. The third-order valence-electron chi connectivity index (χ3n) is 2.54. The maximum Gasteiger partial charge on any atom is 0.321 e. The van der Waals surface area contributed by atoms with Gasteiger partial charge in [0, 0.05) is 6.54 Å². The maximum absolute atomic E-state index is 11.9. The number of hydrogen-bond acceptors (Lipinski definition) is 4. The van der Waals surface area contributed by atoms with E-state index in [1.165, 1.54) is 11.4 Å². The van der Waals surface area contributed by atoms with Crippen LogP contribution in [0.1, 0.15) is 26.2 Å². The third kappa shape index (κ3) is 4.09. The van der Waals surface area contributed by atoms with Crippen molar-refractivity contribution in [2.45, 2.75) is 26.2 Å². The summed E-state index contributed by atoms with van der Waals surface area (Å²) in [6.07, 6.45) is 2.66. The van der Waals surface area contributed by atoms with Gasteiger partial charge in [-0.1, -0.05) is 6.92 Å². The van der Waals surface area contributed by atoms with Gasteiger partial charge in [0.2, 0.25) is 10.0 Å². The average molecular weight is 249 g/mol. The van der Waals surface area contributed by atoms with Crippen molar-refractivity contribution in [2.75, 3.05) is 26.0 Å². The zero-order valence-electron chi connectivity index (χ0n) is 9.81. The standard InChI is InChI=1S/C10H19NO4S/c1-3-6-11(7-10(12)15-2)16(13,14)8-9-4-5-9/h9H,3-8H2,1-2H3. The Balaban J connectivity index is 2.62. The Morgan fingerprint density at radius 2 is 2.06 bits per heavy atom. The highest BCUT2D eigenvalue weighted by atomic mass is 32.2. The minimum atomic E-state index is -3.29. The number of ether oxygens (including phenoxy) is 1. The Morgan fingerprint density at radius 3 is 2.50 bits per heavy atom. The van der Waals surface area contributed by atoms with E-state index in [1.54, 1.807) is 0 Å². The fourth-order valence-corrected chi connectivity index (χ4v) is 3.36.